The molecule has 0 atom stereocenters. The summed E-state index contributed by atoms with van der Waals surface area (Å²) in [5.74, 6) is -0.0703. The van der Waals surface area contributed by atoms with Crippen molar-refractivity contribution in [3.63, 3.8) is 0 Å². The zero-order valence-electron chi connectivity index (χ0n) is 12.8. The molecule has 0 bridgehead atoms. The monoisotopic (exact) mass is 297 g/mol. The van der Waals surface area contributed by atoms with Crippen molar-refractivity contribution in [2.75, 3.05) is 11.6 Å². The van der Waals surface area contributed by atoms with Crippen LogP contribution >= 0.6 is 0 Å². The van der Waals surface area contributed by atoms with Crippen molar-refractivity contribution in [2.45, 2.75) is 39.9 Å². The van der Waals surface area contributed by atoms with Gasteiger partial charge in [-0.25, -0.2) is 8.42 Å². The molecule has 0 aliphatic carbocycles. The Labute approximate surface area is 121 Å². The third-order valence-electron chi connectivity index (χ3n) is 2.83. The van der Waals surface area contributed by atoms with Gasteiger partial charge in [-0.05, 0) is 29.5 Å². The minimum absolute atomic E-state index is 0.0121. The molecule has 0 saturated heterocycles. The molecule has 5 heteroatoms. The molecule has 0 radical (unpaired) electrons. The molecule has 0 unspecified atom stereocenters. The van der Waals surface area contributed by atoms with Gasteiger partial charge in [0.05, 0.1) is 5.75 Å². The van der Waals surface area contributed by atoms with Gasteiger partial charge in [0.2, 0.25) is 5.91 Å². The Kier molecular flexibility index (Phi) is 4.97. The minimum atomic E-state index is -3.09. The first-order valence-corrected chi connectivity index (χ1v) is 8.60. The molecule has 1 aromatic carbocycles. The predicted molar refractivity (Wildman–Crippen MR) is 82.4 cm³/mol. The van der Waals surface area contributed by atoms with Gasteiger partial charge in [-0.3, -0.25) is 4.79 Å². The van der Waals surface area contributed by atoms with E-state index in [2.05, 4.69) is 5.32 Å². The van der Waals surface area contributed by atoms with Crippen molar-refractivity contribution >= 4 is 21.4 Å². The number of hydrogen-bond acceptors (Lipinski definition) is 3. The molecular weight excluding hydrogens is 274 g/mol. The number of carbonyl (C=O) groups is 1. The van der Waals surface area contributed by atoms with Crippen LogP contribution in [-0.2, 0) is 20.4 Å². The summed E-state index contributed by atoms with van der Waals surface area (Å²) in [7, 11) is -3.09. The first-order chi connectivity index (χ1) is 8.98. The summed E-state index contributed by atoms with van der Waals surface area (Å²) < 4.78 is 22.8. The highest BCUT2D eigenvalue weighted by Crippen LogP contribution is 2.23. The summed E-state index contributed by atoms with van der Waals surface area (Å²) in [5.41, 5.74) is 2.13. The number of anilines is 1. The van der Waals surface area contributed by atoms with E-state index in [1.54, 1.807) is 18.2 Å². The highest BCUT2D eigenvalue weighted by Gasteiger charge is 2.17. The molecule has 0 aliphatic rings. The average molecular weight is 297 g/mol. The number of rotatable bonds is 4. The van der Waals surface area contributed by atoms with E-state index in [4.69, 9.17) is 0 Å². The van der Waals surface area contributed by atoms with Gasteiger partial charge in [-0.1, -0.05) is 32.9 Å². The second-order valence-corrected chi connectivity index (χ2v) is 8.59. The predicted octanol–water partition coefficient (Wildman–Crippen LogP) is 2.91. The molecule has 0 spiro atoms. The number of amides is 1. The van der Waals surface area contributed by atoms with Gasteiger partial charge >= 0.3 is 0 Å². The zero-order chi connectivity index (χ0) is 15.6. The molecule has 112 valence electrons. The molecule has 20 heavy (non-hydrogen) atoms. The van der Waals surface area contributed by atoms with Crippen LogP contribution in [0.25, 0.3) is 0 Å². The molecule has 1 rings (SSSR count). The Morgan fingerprint density at radius 3 is 2.35 bits per heavy atom. The van der Waals surface area contributed by atoms with E-state index in [9.17, 15) is 13.2 Å². The van der Waals surface area contributed by atoms with Gasteiger partial charge < -0.3 is 5.32 Å². The Hall–Kier alpha value is -1.36. The fourth-order valence-electron chi connectivity index (χ4n) is 1.93. The van der Waals surface area contributed by atoms with Gasteiger partial charge in [0.25, 0.3) is 0 Å². The van der Waals surface area contributed by atoms with Crippen molar-refractivity contribution in [1.29, 1.82) is 0 Å². The number of benzene rings is 1. The molecule has 1 N–H and O–H groups in total. The summed E-state index contributed by atoms with van der Waals surface area (Å²) in [6.07, 6.45) is 1.63. The number of nitrogens with one attached hydrogen (secondary N) is 1. The highest BCUT2D eigenvalue weighted by atomic mass is 32.2. The third kappa shape index (κ3) is 5.74. The van der Waals surface area contributed by atoms with E-state index in [-0.39, 0.29) is 17.1 Å². The minimum Gasteiger partial charge on any atom is -0.326 e. The average Bonchev–Trinajstić information content (AvgIpc) is 2.19. The summed E-state index contributed by atoms with van der Waals surface area (Å²) in [5, 5.41) is 2.86. The smallest absolute Gasteiger partial charge is 0.224 e. The highest BCUT2D eigenvalue weighted by molar-refractivity contribution is 7.89. The lowest BCUT2D eigenvalue weighted by Gasteiger charge is -2.18. The fourth-order valence-corrected chi connectivity index (χ4v) is 2.81. The van der Waals surface area contributed by atoms with Crippen LogP contribution in [0.5, 0.6) is 0 Å². The molecule has 1 aromatic rings. The normalized spacial score (nSPS) is 12.2. The Bertz CT molecular complexity index is 598. The lowest BCUT2D eigenvalue weighted by molar-refractivity contribution is -0.117. The van der Waals surface area contributed by atoms with Crippen molar-refractivity contribution in [3.8, 4) is 0 Å². The van der Waals surface area contributed by atoms with Crippen LogP contribution in [0, 0.1) is 12.3 Å². The van der Waals surface area contributed by atoms with Crippen LogP contribution in [0.4, 0.5) is 5.69 Å². The first kappa shape index (κ1) is 16.7. The van der Waals surface area contributed by atoms with Gasteiger partial charge in [0, 0.05) is 18.4 Å². The number of carbonyl (C=O) groups excluding carboxylic acids is 1. The van der Waals surface area contributed by atoms with E-state index in [1.165, 1.54) is 6.26 Å². The largest absolute Gasteiger partial charge is 0.326 e. The number of hydrogen-bond donors (Lipinski definition) is 1. The molecule has 0 saturated carbocycles. The maximum Gasteiger partial charge on any atom is 0.224 e. The molecule has 0 heterocycles. The third-order valence-corrected chi connectivity index (χ3v) is 3.66. The standard InChI is InChI=1S/C15H23NO3S/c1-11-12(10-20(5,18)19)7-6-8-13(11)16-14(17)9-15(2,3)4/h6-8H,9-10H2,1-5H3,(H,16,17). The lowest BCUT2D eigenvalue weighted by Crippen LogP contribution is -2.20. The summed E-state index contributed by atoms with van der Waals surface area (Å²) in [6.45, 7) is 7.83. The fraction of sp³-hybridized carbons (Fsp3) is 0.533. The maximum atomic E-state index is 11.9. The van der Waals surface area contributed by atoms with Crippen LogP contribution in [0.15, 0.2) is 18.2 Å². The molecule has 4 nitrogen and oxygen atoms in total. The van der Waals surface area contributed by atoms with E-state index in [1.807, 2.05) is 27.7 Å². The van der Waals surface area contributed by atoms with Crippen LogP contribution in [0.1, 0.15) is 38.3 Å². The van der Waals surface area contributed by atoms with E-state index in [0.717, 1.165) is 11.1 Å². The lowest BCUT2D eigenvalue weighted by atomic mass is 9.92. The van der Waals surface area contributed by atoms with Crippen LogP contribution in [-0.4, -0.2) is 20.6 Å². The van der Waals surface area contributed by atoms with Crippen molar-refractivity contribution in [3.05, 3.63) is 29.3 Å². The summed E-state index contributed by atoms with van der Waals surface area (Å²) in [4.78, 5) is 11.9. The van der Waals surface area contributed by atoms with Gasteiger partial charge in [0.15, 0.2) is 9.84 Å². The van der Waals surface area contributed by atoms with Gasteiger partial charge in [-0.2, -0.15) is 0 Å². The zero-order valence-corrected chi connectivity index (χ0v) is 13.6. The van der Waals surface area contributed by atoms with Crippen LogP contribution in [0.2, 0.25) is 0 Å². The van der Waals surface area contributed by atoms with Crippen LogP contribution in [0.3, 0.4) is 0 Å². The summed E-state index contributed by atoms with van der Waals surface area (Å²) >= 11 is 0. The maximum absolute atomic E-state index is 11.9. The van der Waals surface area contributed by atoms with Gasteiger partial charge in [-0.15, -0.1) is 0 Å². The van der Waals surface area contributed by atoms with E-state index in [0.29, 0.717) is 12.1 Å². The first-order valence-electron chi connectivity index (χ1n) is 6.54. The van der Waals surface area contributed by atoms with Crippen molar-refractivity contribution < 1.29 is 13.2 Å². The topological polar surface area (TPSA) is 63.2 Å². The quantitative estimate of drug-likeness (QED) is 0.929. The van der Waals surface area contributed by atoms with Crippen molar-refractivity contribution in [2.24, 2.45) is 5.41 Å². The molecule has 0 fully saturated rings. The van der Waals surface area contributed by atoms with Crippen LogP contribution < -0.4 is 5.32 Å². The molecule has 0 aliphatic heterocycles. The number of sulfone groups is 1. The van der Waals surface area contributed by atoms with E-state index < -0.39 is 9.84 Å². The van der Waals surface area contributed by atoms with Crippen molar-refractivity contribution in [1.82, 2.24) is 0 Å². The molecular formula is C15H23NO3S. The van der Waals surface area contributed by atoms with Gasteiger partial charge in [0.1, 0.15) is 0 Å². The summed E-state index contributed by atoms with van der Waals surface area (Å²) in [6, 6.07) is 5.33. The second-order valence-electron chi connectivity index (χ2n) is 6.45. The second kappa shape index (κ2) is 5.95. The Morgan fingerprint density at radius 1 is 1.25 bits per heavy atom. The molecule has 0 aromatic heterocycles. The SMILES string of the molecule is Cc1c(CS(C)(=O)=O)cccc1NC(=O)CC(C)(C)C. The Morgan fingerprint density at radius 2 is 1.85 bits per heavy atom. The Balaban J connectivity index is 2.92. The van der Waals surface area contributed by atoms with E-state index >= 15 is 0 Å². The molecule has 1 amide bonds.